The zero-order chi connectivity index (χ0) is 36.0. The van der Waals surface area contributed by atoms with Crippen LogP contribution in [0.2, 0.25) is 0 Å². The quantitative estimate of drug-likeness (QED) is 0.0775. The van der Waals surface area contributed by atoms with E-state index in [1.165, 1.54) is 56.9 Å². The molecule has 5 atom stereocenters. The number of Topliss-reactive ketones (excluding diaryl/α,β-unsaturated/α-hetero) is 1. The van der Waals surface area contributed by atoms with E-state index in [0.29, 0.717) is 32.1 Å². The molecule has 1 aromatic rings. The lowest BCUT2D eigenvalue weighted by molar-refractivity contribution is -0.151. The van der Waals surface area contributed by atoms with Crippen LogP contribution < -0.4 is 4.74 Å². The zero-order valence-corrected chi connectivity index (χ0v) is 30.6. The summed E-state index contributed by atoms with van der Waals surface area (Å²) in [6, 6.07) is 6.12. The van der Waals surface area contributed by atoms with Crippen molar-refractivity contribution in [2.45, 2.75) is 162 Å². The minimum atomic E-state index is -1.52. The number of ether oxygens (including phenoxy) is 3. The molecule has 2 aliphatic heterocycles. The van der Waals surface area contributed by atoms with Gasteiger partial charge in [0.1, 0.15) is 23.2 Å². The summed E-state index contributed by atoms with van der Waals surface area (Å²) in [7, 11) is 0. The summed E-state index contributed by atoms with van der Waals surface area (Å²) in [5, 5.41) is 28.7. The van der Waals surface area contributed by atoms with Crippen molar-refractivity contribution >= 4 is 17.7 Å². The normalized spacial score (nSPS) is 20.8. The number of rotatable bonds is 23. The van der Waals surface area contributed by atoms with Gasteiger partial charge in [-0.3, -0.25) is 9.59 Å². The van der Waals surface area contributed by atoms with Crippen molar-refractivity contribution in [3.63, 3.8) is 0 Å². The first kappa shape index (κ1) is 40.5. The lowest BCUT2D eigenvalue weighted by Crippen LogP contribution is -2.36. The Morgan fingerprint density at radius 2 is 1.59 bits per heavy atom. The van der Waals surface area contributed by atoms with Crippen LogP contribution in [0.3, 0.4) is 0 Å². The van der Waals surface area contributed by atoms with Crippen LogP contribution in [0.5, 0.6) is 5.75 Å². The maximum absolute atomic E-state index is 12.7. The molecule has 0 amide bonds. The molecule has 0 aromatic heterocycles. The molecular weight excluding hydrogens is 624 g/mol. The molecule has 49 heavy (non-hydrogen) atoms. The fourth-order valence-corrected chi connectivity index (χ4v) is 6.91. The van der Waals surface area contributed by atoms with Crippen molar-refractivity contribution in [1.82, 2.24) is 0 Å². The van der Waals surface area contributed by atoms with Gasteiger partial charge in [0, 0.05) is 19.3 Å². The topological polar surface area (TPSA) is 140 Å². The molecule has 0 fully saturated rings. The number of aryl methyl sites for hydroxylation is 1. The smallest absolute Gasteiger partial charge is 0.378 e. The van der Waals surface area contributed by atoms with Crippen LogP contribution in [0.15, 0.2) is 29.7 Å². The van der Waals surface area contributed by atoms with Gasteiger partial charge in [0.15, 0.2) is 6.10 Å². The van der Waals surface area contributed by atoms with Crippen molar-refractivity contribution in [2.75, 3.05) is 6.61 Å². The van der Waals surface area contributed by atoms with E-state index in [1.807, 2.05) is 12.1 Å². The molecule has 0 saturated heterocycles. The number of esters is 2. The SMILES string of the molecule is CC(C)CCC[C@@H](C)CCC[C@@H](C)CCC[C@]1(C)CCc2cc(CC(=O)CCCCCC(=O)OC3=C(O)C(=O)O[C@@H]3C(O)CO)ccc2O1. The van der Waals surface area contributed by atoms with Crippen LogP contribution in [-0.4, -0.2) is 57.5 Å². The van der Waals surface area contributed by atoms with Crippen molar-refractivity contribution in [2.24, 2.45) is 17.8 Å². The molecule has 9 heteroatoms. The first-order chi connectivity index (χ1) is 23.3. The second kappa shape index (κ2) is 20.1. The fraction of sp³-hybridized carbons (Fsp3) is 0.725. The summed E-state index contributed by atoms with van der Waals surface area (Å²) in [6.45, 7) is 10.9. The number of hydrogen-bond donors (Lipinski definition) is 3. The van der Waals surface area contributed by atoms with E-state index in [0.717, 1.165) is 48.3 Å². The molecule has 0 radical (unpaired) electrons. The highest BCUT2D eigenvalue weighted by Gasteiger charge is 2.41. The zero-order valence-electron chi connectivity index (χ0n) is 30.6. The van der Waals surface area contributed by atoms with Gasteiger partial charge in [0.05, 0.1) is 6.61 Å². The minimum absolute atomic E-state index is 0.00197. The third-order valence-electron chi connectivity index (χ3n) is 10.1. The molecule has 0 saturated carbocycles. The van der Waals surface area contributed by atoms with Gasteiger partial charge < -0.3 is 29.5 Å². The number of benzene rings is 1. The molecule has 1 unspecified atom stereocenters. The van der Waals surface area contributed by atoms with Crippen molar-refractivity contribution < 1.29 is 43.9 Å². The number of cyclic esters (lactones) is 1. The summed E-state index contributed by atoms with van der Waals surface area (Å²) in [4.78, 5) is 36.5. The highest BCUT2D eigenvalue weighted by molar-refractivity contribution is 5.90. The van der Waals surface area contributed by atoms with Gasteiger partial charge in [-0.2, -0.15) is 0 Å². The van der Waals surface area contributed by atoms with Crippen molar-refractivity contribution in [3.05, 3.63) is 40.8 Å². The van der Waals surface area contributed by atoms with Crippen LogP contribution >= 0.6 is 0 Å². The second-order valence-corrected chi connectivity index (χ2v) is 15.4. The molecule has 2 heterocycles. The molecule has 9 nitrogen and oxygen atoms in total. The van der Waals surface area contributed by atoms with E-state index in [-0.39, 0.29) is 17.8 Å². The third kappa shape index (κ3) is 13.7. The number of hydrogen-bond acceptors (Lipinski definition) is 9. The van der Waals surface area contributed by atoms with Crippen molar-refractivity contribution in [1.29, 1.82) is 0 Å². The number of carbonyl (C=O) groups excluding carboxylic acids is 3. The van der Waals surface area contributed by atoms with Gasteiger partial charge in [-0.25, -0.2) is 4.79 Å². The van der Waals surface area contributed by atoms with E-state index in [1.54, 1.807) is 0 Å². The highest BCUT2D eigenvalue weighted by Crippen LogP contribution is 2.37. The van der Waals surface area contributed by atoms with Gasteiger partial charge in [-0.15, -0.1) is 0 Å². The number of fused-ring (bicyclic) bond motifs is 1. The number of unbranched alkanes of at least 4 members (excludes halogenated alkanes) is 2. The van der Waals surface area contributed by atoms with Gasteiger partial charge in [0.25, 0.3) is 0 Å². The lowest BCUT2D eigenvalue weighted by Gasteiger charge is -2.36. The van der Waals surface area contributed by atoms with Crippen LogP contribution in [-0.2, 0) is 36.7 Å². The van der Waals surface area contributed by atoms with Crippen LogP contribution in [0, 0.1) is 17.8 Å². The maximum Gasteiger partial charge on any atom is 0.378 e. The Bertz CT molecular complexity index is 1250. The largest absolute Gasteiger partial charge is 0.499 e. The van der Waals surface area contributed by atoms with E-state index >= 15 is 0 Å². The molecule has 0 bridgehead atoms. The minimum Gasteiger partial charge on any atom is -0.499 e. The standard InChI is InChI=1S/C40H62O9/c1-27(2)12-9-13-28(3)14-10-15-29(4)16-11-22-40(5)23-21-31-24-30(19-20-34(31)49-40)25-32(42)17-7-6-8-18-35(44)47-38-36(45)39(46)48-37(38)33(43)26-41/h19-20,24,27-29,33,37,41,43,45H,6-18,21-23,25-26H2,1-5H3/t28-,29-,33?,37-,40-/m1/s1. The number of aliphatic hydroxyl groups excluding tert-OH is 3. The van der Waals surface area contributed by atoms with Gasteiger partial charge in [-0.05, 0) is 80.4 Å². The van der Waals surface area contributed by atoms with Crippen LogP contribution in [0.1, 0.15) is 142 Å². The summed E-state index contributed by atoms with van der Waals surface area (Å²) < 4.78 is 16.3. The molecule has 3 rings (SSSR count). The molecule has 0 aliphatic carbocycles. The molecule has 2 aliphatic rings. The fourth-order valence-electron chi connectivity index (χ4n) is 6.91. The van der Waals surface area contributed by atoms with E-state index in [4.69, 9.17) is 19.3 Å². The predicted molar refractivity (Wildman–Crippen MR) is 189 cm³/mol. The van der Waals surface area contributed by atoms with Crippen LogP contribution in [0.4, 0.5) is 0 Å². The number of carbonyl (C=O) groups is 3. The van der Waals surface area contributed by atoms with E-state index in [9.17, 15) is 24.6 Å². The summed E-state index contributed by atoms with van der Waals surface area (Å²) >= 11 is 0. The van der Waals surface area contributed by atoms with E-state index in [2.05, 4.69) is 40.7 Å². The maximum atomic E-state index is 12.7. The Morgan fingerprint density at radius 3 is 2.27 bits per heavy atom. The van der Waals surface area contributed by atoms with Gasteiger partial charge in [0.2, 0.25) is 11.5 Å². The summed E-state index contributed by atoms with van der Waals surface area (Å²) in [5.74, 6) is 0.260. The van der Waals surface area contributed by atoms with Crippen molar-refractivity contribution in [3.8, 4) is 5.75 Å². The molecule has 1 aromatic carbocycles. The Balaban J connectivity index is 1.30. The molecule has 0 spiro atoms. The number of ketones is 1. The Labute approximate surface area is 293 Å². The lowest BCUT2D eigenvalue weighted by atomic mass is 9.85. The monoisotopic (exact) mass is 686 g/mol. The first-order valence-corrected chi connectivity index (χ1v) is 18.8. The first-order valence-electron chi connectivity index (χ1n) is 18.8. The van der Waals surface area contributed by atoms with Crippen LogP contribution in [0.25, 0.3) is 0 Å². The Hall–Kier alpha value is -2.91. The second-order valence-electron chi connectivity index (χ2n) is 15.4. The highest BCUT2D eigenvalue weighted by atomic mass is 16.6. The average Bonchev–Trinajstić information content (AvgIpc) is 3.32. The molecule has 3 N–H and O–H groups in total. The van der Waals surface area contributed by atoms with Gasteiger partial charge in [-0.1, -0.05) is 91.2 Å². The Morgan fingerprint density at radius 1 is 0.939 bits per heavy atom. The summed E-state index contributed by atoms with van der Waals surface area (Å²) in [6.07, 6.45) is 13.0. The molecular formula is C40H62O9. The number of aliphatic hydroxyl groups is 3. The van der Waals surface area contributed by atoms with E-state index < -0.39 is 42.3 Å². The molecule has 276 valence electrons. The average molecular weight is 687 g/mol. The van der Waals surface area contributed by atoms with Gasteiger partial charge >= 0.3 is 11.9 Å². The Kier molecular flexibility index (Phi) is 16.6. The predicted octanol–water partition coefficient (Wildman–Crippen LogP) is 7.86. The summed E-state index contributed by atoms with van der Waals surface area (Å²) in [5.41, 5.74) is 2.01. The third-order valence-corrected chi connectivity index (χ3v) is 10.1.